The van der Waals surface area contributed by atoms with E-state index in [1.54, 1.807) is 14.2 Å². The average molecular weight is 372 g/mol. The quantitative estimate of drug-likeness (QED) is 0.766. The number of nitrogens with zero attached hydrogens (tertiary/aromatic N) is 1. The van der Waals surface area contributed by atoms with Crippen molar-refractivity contribution in [3.8, 4) is 23.0 Å². The summed E-state index contributed by atoms with van der Waals surface area (Å²) in [7, 11) is 5.13. The Labute approximate surface area is 158 Å². The maximum absolute atomic E-state index is 12.2. The van der Waals surface area contributed by atoms with Crippen LogP contribution in [0.3, 0.4) is 0 Å². The first-order valence-electron chi connectivity index (χ1n) is 8.63. The minimum atomic E-state index is -0.0531. The molecule has 0 saturated carbocycles. The second kappa shape index (κ2) is 8.64. The molecule has 0 aromatic heterocycles. The van der Waals surface area contributed by atoms with Crippen LogP contribution in [0.5, 0.6) is 23.0 Å². The Morgan fingerprint density at radius 1 is 1.11 bits per heavy atom. The van der Waals surface area contributed by atoms with E-state index in [-0.39, 0.29) is 19.2 Å². The standard InChI is InChI=1S/C20H24N2O5/c1-22(11-15-5-6-16(24-2)9-18(15)25-3)12-20(23)21-10-14-4-7-17-19(8-14)27-13-26-17/h4-9H,10-13H2,1-3H3,(H,21,23). The highest BCUT2D eigenvalue weighted by Crippen LogP contribution is 2.32. The molecule has 0 spiro atoms. The number of hydrogen-bond acceptors (Lipinski definition) is 6. The van der Waals surface area contributed by atoms with Crippen molar-refractivity contribution in [2.45, 2.75) is 13.1 Å². The highest BCUT2D eigenvalue weighted by molar-refractivity contribution is 5.78. The number of hydrogen-bond donors (Lipinski definition) is 1. The number of amides is 1. The van der Waals surface area contributed by atoms with Gasteiger partial charge in [-0.15, -0.1) is 0 Å². The van der Waals surface area contributed by atoms with E-state index in [1.807, 2.05) is 48.3 Å². The second-order valence-corrected chi connectivity index (χ2v) is 6.31. The summed E-state index contributed by atoms with van der Waals surface area (Å²) in [6.45, 7) is 1.55. The molecule has 0 unspecified atom stereocenters. The van der Waals surface area contributed by atoms with Gasteiger partial charge in [-0.05, 0) is 30.8 Å². The van der Waals surface area contributed by atoms with E-state index in [4.69, 9.17) is 18.9 Å². The van der Waals surface area contributed by atoms with E-state index in [0.717, 1.165) is 28.4 Å². The Balaban J connectivity index is 1.50. The lowest BCUT2D eigenvalue weighted by Gasteiger charge is -2.18. The maximum Gasteiger partial charge on any atom is 0.234 e. The van der Waals surface area contributed by atoms with Gasteiger partial charge in [-0.1, -0.05) is 12.1 Å². The van der Waals surface area contributed by atoms with Crippen molar-refractivity contribution < 1.29 is 23.7 Å². The fourth-order valence-corrected chi connectivity index (χ4v) is 2.88. The van der Waals surface area contributed by atoms with E-state index in [0.29, 0.717) is 18.8 Å². The van der Waals surface area contributed by atoms with Crippen molar-refractivity contribution in [3.05, 3.63) is 47.5 Å². The normalized spacial score (nSPS) is 12.1. The molecule has 1 amide bonds. The minimum Gasteiger partial charge on any atom is -0.497 e. The lowest BCUT2D eigenvalue weighted by atomic mass is 10.1. The van der Waals surface area contributed by atoms with Gasteiger partial charge in [0.15, 0.2) is 11.5 Å². The number of nitrogens with one attached hydrogen (secondary N) is 1. The number of likely N-dealkylation sites (N-methyl/N-ethyl adjacent to an activating group) is 1. The van der Waals surface area contributed by atoms with Crippen molar-refractivity contribution in [3.63, 3.8) is 0 Å². The van der Waals surface area contributed by atoms with Gasteiger partial charge in [-0.3, -0.25) is 9.69 Å². The van der Waals surface area contributed by atoms with E-state index in [2.05, 4.69) is 5.32 Å². The van der Waals surface area contributed by atoms with Crippen LogP contribution in [-0.4, -0.2) is 45.4 Å². The zero-order chi connectivity index (χ0) is 19.2. The Morgan fingerprint density at radius 2 is 1.93 bits per heavy atom. The van der Waals surface area contributed by atoms with E-state index in [1.165, 1.54) is 0 Å². The molecule has 2 aromatic carbocycles. The smallest absolute Gasteiger partial charge is 0.234 e. The first kappa shape index (κ1) is 18.8. The number of ether oxygens (including phenoxy) is 4. The molecule has 0 atom stereocenters. The van der Waals surface area contributed by atoms with Gasteiger partial charge in [0.05, 0.1) is 20.8 Å². The van der Waals surface area contributed by atoms with Gasteiger partial charge < -0.3 is 24.3 Å². The maximum atomic E-state index is 12.2. The van der Waals surface area contributed by atoms with Crippen LogP contribution in [0.25, 0.3) is 0 Å². The average Bonchev–Trinajstić information content (AvgIpc) is 3.14. The summed E-state index contributed by atoms with van der Waals surface area (Å²) < 4.78 is 21.3. The predicted molar refractivity (Wildman–Crippen MR) is 100 cm³/mol. The summed E-state index contributed by atoms with van der Waals surface area (Å²) in [6, 6.07) is 11.3. The van der Waals surface area contributed by atoms with Crippen molar-refractivity contribution in [2.75, 3.05) is 34.6 Å². The third kappa shape index (κ3) is 4.83. The van der Waals surface area contributed by atoms with E-state index >= 15 is 0 Å². The zero-order valence-electron chi connectivity index (χ0n) is 15.8. The SMILES string of the molecule is COc1ccc(CN(C)CC(=O)NCc2ccc3c(c2)OCO3)c(OC)c1. The first-order valence-corrected chi connectivity index (χ1v) is 8.63. The molecule has 1 aliphatic heterocycles. The number of rotatable bonds is 8. The molecule has 7 nitrogen and oxygen atoms in total. The molecule has 3 rings (SSSR count). The van der Waals surface area contributed by atoms with Gasteiger partial charge in [-0.25, -0.2) is 0 Å². The van der Waals surface area contributed by atoms with Crippen LogP contribution in [0, 0.1) is 0 Å². The molecule has 0 saturated heterocycles. The van der Waals surface area contributed by atoms with Crippen LogP contribution in [0.2, 0.25) is 0 Å². The molecular weight excluding hydrogens is 348 g/mol. The Bertz CT molecular complexity index is 809. The molecule has 1 N–H and O–H groups in total. The number of methoxy groups -OCH3 is 2. The number of carbonyl (C=O) groups excluding carboxylic acids is 1. The van der Waals surface area contributed by atoms with Gasteiger partial charge in [0.1, 0.15) is 11.5 Å². The second-order valence-electron chi connectivity index (χ2n) is 6.31. The number of benzene rings is 2. The lowest BCUT2D eigenvalue weighted by molar-refractivity contribution is -0.122. The summed E-state index contributed by atoms with van der Waals surface area (Å²) >= 11 is 0. The van der Waals surface area contributed by atoms with Gasteiger partial charge in [0.25, 0.3) is 0 Å². The molecule has 144 valence electrons. The van der Waals surface area contributed by atoms with Crippen molar-refractivity contribution in [1.82, 2.24) is 10.2 Å². The monoisotopic (exact) mass is 372 g/mol. The fourth-order valence-electron chi connectivity index (χ4n) is 2.88. The van der Waals surface area contributed by atoms with Gasteiger partial charge >= 0.3 is 0 Å². The molecule has 1 aliphatic rings. The molecule has 27 heavy (non-hydrogen) atoms. The lowest BCUT2D eigenvalue weighted by Crippen LogP contribution is -2.34. The fraction of sp³-hybridized carbons (Fsp3) is 0.350. The highest BCUT2D eigenvalue weighted by Gasteiger charge is 2.14. The number of fused-ring (bicyclic) bond motifs is 1. The van der Waals surface area contributed by atoms with Crippen LogP contribution in [0.1, 0.15) is 11.1 Å². The van der Waals surface area contributed by atoms with Crippen molar-refractivity contribution in [2.24, 2.45) is 0 Å². The van der Waals surface area contributed by atoms with Crippen LogP contribution >= 0.6 is 0 Å². The minimum absolute atomic E-state index is 0.0531. The van der Waals surface area contributed by atoms with Gasteiger partial charge in [-0.2, -0.15) is 0 Å². The van der Waals surface area contributed by atoms with Crippen LogP contribution in [0.15, 0.2) is 36.4 Å². The van der Waals surface area contributed by atoms with Crippen molar-refractivity contribution in [1.29, 1.82) is 0 Å². The largest absolute Gasteiger partial charge is 0.497 e. The first-order chi connectivity index (χ1) is 13.1. The third-order valence-corrected chi connectivity index (χ3v) is 4.27. The molecule has 7 heteroatoms. The topological polar surface area (TPSA) is 69.3 Å². The van der Waals surface area contributed by atoms with E-state index in [9.17, 15) is 4.79 Å². The Hall–Kier alpha value is -2.93. The summed E-state index contributed by atoms with van der Waals surface area (Å²) in [5.74, 6) is 2.87. The Kier molecular flexibility index (Phi) is 6.03. The summed E-state index contributed by atoms with van der Waals surface area (Å²) in [5.41, 5.74) is 1.96. The third-order valence-electron chi connectivity index (χ3n) is 4.27. The van der Waals surface area contributed by atoms with Gasteiger partial charge in [0.2, 0.25) is 12.7 Å². The van der Waals surface area contributed by atoms with Gasteiger partial charge in [0, 0.05) is 24.7 Å². The molecular formula is C20H24N2O5. The Morgan fingerprint density at radius 3 is 2.70 bits per heavy atom. The highest BCUT2D eigenvalue weighted by atomic mass is 16.7. The predicted octanol–water partition coefficient (Wildman–Crippen LogP) is 2.18. The van der Waals surface area contributed by atoms with Crippen molar-refractivity contribution >= 4 is 5.91 Å². The molecule has 0 aliphatic carbocycles. The zero-order valence-corrected chi connectivity index (χ0v) is 15.8. The van der Waals surface area contributed by atoms with Crippen LogP contribution < -0.4 is 24.3 Å². The number of carbonyl (C=O) groups is 1. The summed E-state index contributed by atoms with van der Waals surface area (Å²) in [5, 5.41) is 2.93. The molecule has 1 heterocycles. The summed E-state index contributed by atoms with van der Waals surface area (Å²) in [4.78, 5) is 14.2. The van der Waals surface area contributed by atoms with Crippen LogP contribution in [0.4, 0.5) is 0 Å². The molecule has 0 radical (unpaired) electrons. The van der Waals surface area contributed by atoms with E-state index < -0.39 is 0 Å². The summed E-state index contributed by atoms with van der Waals surface area (Å²) in [6.07, 6.45) is 0. The van der Waals surface area contributed by atoms with Crippen LogP contribution in [-0.2, 0) is 17.9 Å². The molecule has 2 aromatic rings. The molecule has 0 bridgehead atoms. The molecule has 0 fully saturated rings.